The molecular formula is C26H23N3O3S. The topological polar surface area (TPSA) is 71.5 Å². The van der Waals surface area contributed by atoms with E-state index in [4.69, 9.17) is 4.74 Å². The van der Waals surface area contributed by atoms with E-state index in [9.17, 15) is 9.59 Å². The Bertz CT molecular complexity index is 1310. The van der Waals surface area contributed by atoms with Gasteiger partial charge in [-0.1, -0.05) is 53.8 Å². The van der Waals surface area contributed by atoms with Crippen LogP contribution in [0.5, 0.6) is 5.75 Å². The number of ether oxygens (including phenoxy) is 1. The van der Waals surface area contributed by atoms with E-state index in [0.717, 1.165) is 21.3 Å². The average molecular weight is 458 g/mol. The predicted octanol–water partition coefficient (Wildman–Crippen LogP) is 4.82. The quantitative estimate of drug-likeness (QED) is 0.451. The second kappa shape index (κ2) is 9.03. The van der Waals surface area contributed by atoms with E-state index in [-0.39, 0.29) is 18.4 Å². The number of rotatable bonds is 6. The number of benzene rings is 3. The van der Waals surface area contributed by atoms with Crippen LogP contribution >= 0.6 is 11.3 Å². The van der Waals surface area contributed by atoms with Crippen LogP contribution < -0.4 is 10.1 Å². The van der Waals surface area contributed by atoms with Gasteiger partial charge in [0.15, 0.2) is 11.7 Å². The number of nitrogens with zero attached hydrogens (tertiary/aromatic N) is 2. The van der Waals surface area contributed by atoms with Crippen molar-refractivity contribution in [2.24, 2.45) is 0 Å². The van der Waals surface area contributed by atoms with Crippen molar-refractivity contribution < 1.29 is 14.3 Å². The molecule has 7 heteroatoms. The maximum Gasteiger partial charge on any atom is 0.264 e. The van der Waals surface area contributed by atoms with Gasteiger partial charge >= 0.3 is 0 Å². The fraction of sp³-hybridized carbons (Fsp3) is 0.192. The highest BCUT2D eigenvalue weighted by Gasteiger charge is 2.27. The number of anilines is 1. The summed E-state index contributed by atoms with van der Waals surface area (Å²) in [5.74, 6) is 0.287. The van der Waals surface area contributed by atoms with Gasteiger partial charge in [-0.3, -0.25) is 14.9 Å². The van der Waals surface area contributed by atoms with Gasteiger partial charge in [0.1, 0.15) is 5.75 Å². The number of hydrogen-bond acceptors (Lipinski definition) is 5. The van der Waals surface area contributed by atoms with Crippen LogP contribution in [0, 0.1) is 6.92 Å². The number of nitrogens with one attached hydrogen (secondary N) is 1. The summed E-state index contributed by atoms with van der Waals surface area (Å²) < 4.78 is 6.84. The molecule has 0 unspecified atom stereocenters. The standard InChI is InChI=1S/C26H23N3O3S/c1-17-7-2-3-8-18(17)15-29-14-13-19-20(25(29)31)9-6-11-22(19)32-16-24(30)28-26-27-21-10-4-5-12-23(21)33-26/h2-12H,13-16H2,1H3,(H,27,28,30). The summed E-state index contributed by atoms with van der Waals surface area (Å²) in [7, 11) is 0. The van der Waals surface area contributed by atoms with Crippen molar-refractivity contribution in [3.63, 3.8) is 0 Å². The third kappa shape index (κ3) is 4.45. The van der Waals surface area contributed by atoms with Crippen LogP contribution in [-0.2, 0) is 17.8 Å². The molecule has 2 heterocycles. The largest absolute Gasteiger partial charge is 0.483 e. The third-order valence-electron chi connectivity index (χ3n) is 5.80. The predicted molar refractivity (Wildman–Crippen MR) is 130 cm³/mol. The molecule has 4 aromatic rings. The number of fused-ring (bicyclic) bond motifs is 2. The highest BCUT2D eigenvalue weighted by molar-refractivity contribution is 7.22. The van der Waals surface area contributed by atoms with Crippen molar-refractivity contribution >= 4 is 38.5 Å². The first kappa shape index (κ1) is 21.2. The van der Waals surface area contributed by atoms with Crippen LogP contribution in [0.15, 0.2) is 66.7 Å². The Balaban J connectivity index is 1.25. The van der Waals surface area contributed by atoms with E-state index in [1.165, 1.54) is 16.9 Å². The lowest BCUT2D eigenvalue weighted by atomic mass is 9.97. The van der Waals surface area contributed by atoms with Crippen molar-refractivity contribution in [2.45, 2.75) is 19.9 Å². The molecular weight excluding hydrogens is 434 g/mol. The summed E-state index contributed by atoms with van der Waals surface area (Å²) in [6.45, 7) is 3.11. The average Bonchev–Trinajstić information content (AvgIpc) is 3.23. The van der Waals surface area contributed by atoms with Gasteiger partial charge in [0.05, 0.1) is 10.2 Å². The zero-order chi connectivity index (χ0) is 22.8. The first-order valence-corrected chi connectivity index (χ1v) is 11.6. The van der Waals surface area contributed by atoms with Crippen molar-refractivity contribution in [1.29, 1.82) is 0 Å². The van der Waals surface area contributed by atoms with Crippen molar-refractivity contribution in [3.05, 3.63) is 89.0 Å². The molecule has 0 spiro atoms. The molecule has 0 atom stereocenters. The Kier molecular flexibility index (Phi) is 5.79. The van der Waals surface area contributed by atoms with Gasteiger partial charge in [0, 0.05) is 24.2 Å². The molecule has 0 fully saturated rings. The molecule has 0 radical (unpaired) electrons. The van der Waals surface area contributed by atoms with Crippen LogP contribution in [0.25, 0.3) is 10.2 Å². The molecule has 6 nitrogen and oxygen atoms in total. The number of carbonyl (C=O) groups excluding carboxylic acids is 2. The van der Waals surface area contributed by atoms with E-state index < -0.39 is 0 Å². The molecule has 3 aromatic carbocycles. The van der Waals surface area contributed by atoms with Crippen LogP contribution in [0.2, 0.25) is 0 Å². The monoisotopic (exact) mass is 457 g/mol. The summed E-state index contributed by atoms with van der Waals surface area (Å²) in [5, 5.41) is 3.34. The Morgan fingerprint density at radius 1 is 1.09 bits per heavy atom. The molecule has 1 N–H and O–H groups in total. The van der Waals surface area contributed by atoms with Crippen LogP contribution in [-0.4, -0.2) is 34.8 Å². The molecule has 1 aliphatic rings. The highest BCUT2D eigenvalue weighted by Crippen LogP contribution is 2.29. The Hall–Kier alpha value is -3.71. The van der Waals surface area contributed by atoms with Crippen LogP contribution in [0.3, 0.4) is 0 Å². The fourth-order valence-electron chi connectivity index (χ4n) is 4.05. The smallest absolute Gasteiger partial charge is 0.264 e. The van der Waals surface area contributed by atoms with Crippen molar-refractivity contribution in [2.75, 3.05) is 18.5 Å². The molecule has 0 bridgehead atoms. The van der Waals surface area contributed by atoms with E-state index in [0.29, 0.717) is 36.0 Å². The second-order valence-electron chi connectivity index (χ2n) is 8.01. The van der Waals surface area contributed by atoms with Gasteiger partial charge in [0.2, 0.25) is 0 Å². The van der Waals surface area contributed by atoms with Crippen LogP contribution in [0.1, 0.15) is 27.0 Å². The SMILES string of the molecule is Cc1ccccc1CN1CCc2c(OCC(=O)Nc3nc4ccccc4s3)cccc2C1=O. The lowest BCUT2D eigenvalue weighted by molar-refractivity contribution is -0.118. The van der Waals surface area contributed by atoms with Gasteiger partial charge in [-0.2, -0.15) is 0 Å². The van der Waals surface area contributed by atoms with Gasteiger partial charge in [-0.15, -0.1) is 0 Å². The molecule has 2 amide bonds. The molecule has 0 saturated carbocycles. The Morgan fingerprint density at radius 2 is 1.91 bits per heavy atom. The first-order valence-electron chi connectivity index (χ1n) is 10.8. The molecule has 0 saturated heterocycles. The highest BCUT2D eigenvalue weighted by atomic mass is 32.1. The summed E-state index contributed by atoms with van der Waals surface area (Å²) in [5.41, 5.74) is 4.67. The first-order chi connectivity index (χ1) is 16.1. The van der Waals surface area contributed by atoms with Gasteiger partial charge in [-0.25, -0.2) is 4.98 Å². The number of aryl methyl sites for hydroxylation is 1. The maximum absolute atomic E-state index is 13.1. The minimum absolute atomic E-state index is 0.0103. The molecule has 33 heavy (non-hydrogen) atoms. The number of hydrogen-bond donors (Lipinski definition) is 1. The Morgan fingerprint density at radius 3 is 2.76 bits per heavy atom. The van der Waals surface area contributed by atoms with E-state index in [1.807, 2.05) is 53.4 Å². The fourth-order valence-corrected chi connectivity index (χ4v) is 4.93. The molecule has 0 aliphatic carbocycles. The number of amides is 2. The summed E-state index contributed by atoms with van der Waals surface area (Å²) in [6.07, 6.45) is 0.683. The van der Waals surface area contributed by atoms with Gasteiger partial charge < -0.3 is 9.64 Å². The van der Waals surface area contributed by atoms with Gasteiger partial charge in [0.25, 0.3) is 11.8 Å². The third-order valence-corrected chi connectivity index (χ3v) is 6.76. The number of para-hydroxylation sites is 1. The number of thiazole rings is 1. The summed E-state index contributed by atoms with van der Waals surface area (Å²) in [6, 6.07) is 21.3. The van der Waals surface area contributed by atoms with Gasteiger partial charge in [-0.05, 0) is 48.7 Å². The van der Waals surface area contributed by atoms with E-state index in [1.54, 1.807) is 6.07 Å². The number of aromatic nitrogens is 1. The van der Waals surface area contributed by atoms with E-state index in [2.05, 4.69) is 29.4 Å². The minimum Gasteiger partial charge on any atom is -0.483 e. The Labute approximate surface area is 195 Å². The molecule has 1 aromatic heterocycles. The number of carbonyl (C=O) groups is 2. The van der Waals surface area contributed by atoms with Crippen molar-refractivity contribution in [1.82, 2.24) is 9.88 Å². The summed E-state index contributed by atoms with van der Waals surface area (Å²) >= 11 is 1.42. The summed E-state index contributed by atoms with van der Waals surface area (Å²) in [4.78, 5) is 31.9. The molecule has 5 rings (SSSR count). The minimum atomic E-state index is -0.282. The van der Waals surface area contributed by atoms with Crippen molar-refractivity contribution in [3.8, 4) is 5.75 Å². The van der Waals surface area contributed by atoms with E-state index >= 15 is 0 Å². The van der Waals surface area contributed by atoms with Crippen LogP contribution in [0.4, 0.5) is 5.13 Å². The zero-order valence-corrected chi connectivity index (χ0v) is 19.0. The maximum atomic E-state index is 13.1. The lowest BCUT2D eigenvalue weighted by Gasteiger charge is -2.30. The zero-order valence-electron chi connectivity index (χ0n) is 18.2. The second-order valence-corrected chi connectivity index (χ2v) is 9.04. The normalized spacial score (nSPS) is 13.1. The molecule has 1 aliphatic heterocycles. The lowest BCUT2D eigenvalue weighted by Crippen LogP contribution is -2.37. The molecule has 166 valence electrons.